The van der Waals surface area contributed by atoms with Gasteiger partial charge in [-0.25, -0.2) is 0 Å². The van der Waals surface area contributed by atoms with Gasteiger partial charge in [0.05, 0.1) is 0 Å². The van der Waals surface area contributed by atoms with Crippen molar-refractivity contribution in [3.63, 3.8) is 0 Å². The van der Waals surface area contributed by atoms with Crippen molar-refractivity contribution in [3.8, 4) is 0 Å². The Morgan fingerprint density at radius 1 is 1.52 bits per heavy atom. The highest BCUT2D eigenvalue weighted by Crippen LogP contribution is 2.21. The lowest BCUT2D eigenvalue weighted by Crippen LogP contribution is -2.40. The van der Waals surface area contributed by atoms with Crippen molar-refractivity contribution in [2.75, 3.05) is 13.1 Å². The third-order valence-corrected chi connectivity index (χ3v) is 4.41. The lowest BCUT2D eigenvalue weighted by molar-refractivity contribution is 0.1000. The normalized spacial score (nSPS) is 18.6. The standard InChI is InChI=1S/C16H24ClN3O/c1-11(2)20(10-14-4-3-7-19-14)9-13-6-5-12(16(18)21)8-15(13)17/h5-6,8,11,14,19H,3-4,7,9-10H2,1-2H3,(H2,18,21). The first-order valence-electron chi connectivity index (χ1n) is 7.53. The zero-order chi connectivity index (χ0) is 15.4. The number of hydrogen-bond acceptors (Lipinski definition) is 3. The summed E-state index contributed by atoms with van der Waals surface area (Å²) in [5.74, 6) is -0.445. The molecule has 0 bridgehead atoms. The van der Waals surface area contributed by atoms with Crippen molar-refractivity contribution in [2.45, 2.75) is 45.3 Å². The Kier molecular flexibility index (Phi) is 5.62. The van der Waals surface area contributed by atoms with Crippen LogP contribution < -0.4 is 11.1 Å². The van der Waals surface area contributed by atoms with Crippen LogP contribution in [0.25, 0.3) is 0 Å². The van der Waals surface area contributed by atoms with Gasteiger partial charge < -0.3 is 11.1 Å². The summed E-state index contributed by atoms with van der Waals surface area (Å²) in [6.45, 7) is 7.31. The first kappa shape index (κ1) is 16.3. The van der Waals surface area contributed by atoms with Crippen LogP contribution in [0.4, 0.5) is 0 Å². The molecular weight excluding hydrogens is 286 g/mol. The number of amides is 1. The number of hydrogen-bond donors (Lipinski definition) is 2. The van der Waals surface area contributed by atoms with Gasteiger partial charge in [-0.3, -0.25) is 9.69 Å². The smallest absolute Gasteiger partial charge is 0.248 e. The summed E-state index contributed by atoms with van der Waals surface area (Å²) in [5.41, 5.74) is 6.77. The van der Waals surface area contributed by atoms with E-state index in [9.17, 15) is 4.79 Å². The van der Waals surface area contributed by atoms with Crippen LogP contribution >= 0.6 is 11.6 Å². The van der Waals surface area contributed by atoms with E-state index in [1.807, 2.05) is 6.07 Å². The van der Waals surface area contributed by atoms with Crippen LogP contribution in [0.1, 0.15) is 42.6 Å². The maximum Gasteiger partial charge on any atom is 0.248 e. The molecule has 2 rings (SSSR count). The molecular formula is C16H24ClN3O. The quantitative estimate of drug-likeness (QED) is 0.848. The van der Waals surface area contributed by atoms with Gasteiger partial charge in [-0.15, -0.1) is 0 Å². The second-order valence-electron chi connectivity index (χ2n) is 5.99. The Morgan fingerprint density at radius 3 is 2.81 bits per heavy atom. The molecule has 1 aliphatic rings. The number of nitrogens with one attached hydrogen (secondary N) is 1. The van der Waals surface area contributed by atoms with Crippen LogP contribution in [-0.4, -0.2) is 36.0 Å². The van der Waals surface area contributed by atoms with Crippen molar-refractivity contribution >= 4 is 17.5 Å². The van der Waals surface area contributed by atoms with E-state index in [1.54, 1.807) is 12.1 Å². The monoisotopic (exact) mass is 309 g/mol. The lowest BCUT2D eigenvalue weighted by atomic mass is 10.1. The predicted octanol–water partition coefficient (Wildman–Crippen LogP) is 2.40. The number of nitrogens with zero attached hydrogens (tertiary/aromatic N) is 1. The number of benzene rings is 1. The molecule has 21 heavy (non-hydrogen) atoms. The second-order valence-corrected chi connectivity index (χ2v) is 6.39. The average Bonchev–Trinajstić information content (AvgIpc) is 2.92. The summed E-state index contributed by atoms with van der Waals surface area (Å²) in [6, 6.07) is 6.32. The van der Waals surface area contributed by atoms with E-state index < -0.39 is 5.91 Å². The summed E-state index contributed by atoms with van der Waals surface area (Å²) in [5, 5.41) is 4.14. The highest BCUT2D eigenvalue weighted by Gasteiger charge is 2.20. The van der Waals surface area contributed by atoms with Crippen LogP contribution in [0.2, 0.25) is 5.02 Å². The average molecular weight is 310 g/mol. The van der Waals surface area contributed by atoms with Gasteiger partial charge >= 0.3 is 0 Å². The summed E-state index contributed by atoms with van der Waals surface area (Å²) < 4.78 is 0. The molecule has 1 aromatic rings. The molecule has 1 fully saturated rings. The van der Waals surface area contributed by atoms with Gasteiger partial charge in [0.25, 0.3) is 0 Å². The molecule has 1 atom stereocenters. The van der Waals surface area contributed by atoms with Gasteiger partial charge in [-0.1, -0.05) is 17.7 Å². The van der Waals surface area contributed by atoms with E-state index in [1.165, 1.54) is 12.8 Å². The minimum Gasteiger partial charge on any atom is -0.366 e. The van der Waals surface area contributed by atoms with Crippen LogP contribution in [0.15, 0.2) is 18.2 Å². The molecule has 1 saturated heterocycles. The Morgan fingerprint density at radius 2 is 2.29 bits per heavy atom. The Bertz CT molecular complexity index is 498. The third-order valence-electron chi connectivity index (χ3n) is 4.06. The van der Waals surface area contributed by atoms with Crippen molar-refractivity contribution < 1.29 is 4.79 Å². The van der Waals surface area contributed by atoms with Crippen molar-refractivity contribution in [3.05, 3.63) is 34.3 Å². The van der Waals surface area contributed by atoms with Gasteiger partial charge in [-0.05, 0) is 50.9 Å². The van der Waals surface area contributed by atoms with Crippen LogP contribution in [-0.2, 0) is 6.54 Å². The summed E-state index contributed by atoms with van der Waals surface area (Å²) in [6.07, 6.45) is 2.49. The Balaban J connectivity index is 2.07. The van der Waals surface area contributed by atoms with Crippen LogP contribution in [0, 0.1) is 0 Å². The molecule has 1 heterocycles. The van der Waals surface area contributed by atoms with Crippen LogP contribution in [0.5, 0.6) is 0 Å². The highest BCUT2D eigenvalue weighted by atomic mass is 35.5. The molecule has 1 amide bonds. The predicted molar refractivity (Wildman–Crippen MR) is 86.5 cm³/mol. The number of nitrogens with two attached hydrogens (primary N) is 1. The van der Waals surface area contributed by atoms with Crippen LogP contribution in [0.3, 0.4) is 0 Å². The van der Waals surface area contributed by atoms with E-state index in [2.05, 4.69) is 24.1 Å². The molecule has 0 saturated carbocycles. The highest BCUT2D eigenvalue weighted by molar-refractivity contribution is 6.31. The van der Waals surface area contributed by atoms with Crippen molar-refractivity contribution in [1.29, 1.82) is 0 Å². The molecule has 5 heteroatoms. The molecule has 3 N–H and O–H groups in total. The van der Waals surface area contributed by atoms with E-state index in [0.717, 1.165) is 25.2 Å². The number of primary amides is 1. The summed E-state index contributed by atoms with van der Waals surface area (Å²) in [4.78, 5) is 13.6. The SMILES string of the molecule is CC(C)N(Cc1ccc(C(N)=O)cc1Cl)CC1CCCN1. The molecule has 0 spiro atoms. The van der Waals surface area contributed by atoms with Gasteiger partial charge in [0.2, 0.25) is 5.91 Å². The van der Waals surface area contributed by atoms with Gasteiger partial charge in [-0.2, -0.15) is 0 Å². The molecule has 0 aromatic heterocycles. The fourth-order valence-electron chi connectivity index (χ4n) is 2.70. The molecule has 116 valence electrons. The molecule has 4 nitrogen and oxygen atoms in total. The molecule has 0 radical (unpaired) electrons. The van der Waals surface area contributed by atoms with E-state index in [-0.39, 0.29) is 0 Å². The zero-order valence-electron chi connectivity index (χ0n) is 12.7. The first-order chi connectivity index (χ1) is 9.97. The fourth-order valence-corrected chi connectivity index (χ4v) is 2.94. The first-order valence-corrected chi connectivity index (χ1v) is 7.91. The lowest BCUT2D eigenvalue weighted by Gasteiger charge is -2.29. The minimum absolute atomic E-state index is 0.444. The zero-order valence-corrected chi connectivity index (χ0v) is 13.5. The number of carbonyl (C=O) groups is 1. The maximum atomic E-state index is 11.2. The number of halogens is 1. The molecule has 1 aliphatic heterocycles. The molecule has 1 unspecified atom stereocenters. The minimum atomic E-state index is -0.445. The number of rotatable bonds is 6. The fraction of sp³-hybridized carbons (Fsp3) is 0.562. The Hall–Kier alpha value is -1.10. The van der Waals surface area contributed by atoms with Gasteiger partial charge in [0.1, 0.15) is 0 Å². The maximum absolute atomic E-state index is 11.2. The van der Waals surface area contributed by atoms with E-state index in [4.69, 9.17) is 17.3 Å². The van der Waals surface area contributed by atoms with E-state index >= 15 is 0 Å². The van der Waals surface area contributed by atoms with Crippen molar-refractivity contribution in [1.82, 2.24) is 10.2 Å². The van der Waals surface area contributed by atoms with Gasteiger partial charge in [0.15, 0.2) is 0 Å². The molecule has 0 aliphatic carbocycles. The summed E-state index contributed by atoms with van der Waals surface area (Å²) >= 11 is 6.29. The Labute approximate surface area is 131 Å². The molecule has 1 aromatic carbocycles. The largest absolute Gasteiger partial charge is 0.366 e. The summed E-state index contributed by atoms with van der Waals surface area (Å²) in [7, 11) is 0. The number of carbonyl (C=O) groups excluding carboxylic acids is 1. The second kappa shape index (κ2) is 7.25. The van der Waals surface area contributed by atoms with E-state index in [0.29, 0.717) is 22.7 Å². The van der Waals surface area contributed by atoms with Gasteiger partial charge in [0, 0.05) is 35.8 Å². The third kappa shape index (κ3) is 4.43. The van der Waals surface area contributed by atoms with Crippen molar-refractivity contribution in [2.24, 2.45) is 5.73 Å². The topological polar surface area (TPSA) is 58.4 Å².